The van der Waals surface area contributed by atoms with Gasteiger partial charge in [0, 0.05) is 12.8 Å². The molecule has 0 fully saturated rings. The number of carbonyl (C=O) groups excluding carboxylic acids is 2. The second-order valence-electron chi connectivity index (χ2n) is 24.2. The zero-order chi connectivity index (χ0) is 56.4. The Kier molecular flexibility index (Phi) is 65.9. The molecule has 0 aromatic rings. The molecule has 6 nitrogen and oxygen atoms in total. The summed E-state index contributed by atoms with van der Waals surface area (Å²) < 4.78 is 5.47. The minimum absolute atomic E-state index is 0.000606. The Morgan fingerprint density at radius 3 is 1.04 bits per heavy atom. The summed E-state index contributed by atoms with van der Waals surface area (Å²) >= 11 is 0. The Balaban J connectivity index is 3.40. The van der Waals surface area contributed by atoms with Crippen LogP contribution in [0.3, 0.4) is 0 Å². The third-order valence-corrected chi connectivity index (χ3v) is 16.4. The molecule has 2 atom stereocenters. The van der Waals surface area contributed by atoms with E-state index in [1.165, 1.54) is 302 Å². The van der Waals surface area contributed by atoms with E-state index in [2.05, 4.69) is 55.6 Å². The number of rotatable bonds is 66. The van der Waals surface area contributed by atoms with E-state index in [-0.39, 0.29) is 18.5 Å². The lowest BCUT2D eigenvalue weighted by atomic mass is 10.0. The fraction of sp³-hybridized carbons (Fsp3) is 0.889. The molecule has 0 radical (unpaired) electrons. The predicted molar refractivity (Wildman–Crippen MR) is 343 cm³/mol. The quantitative estimate of drug-likeness (QED) is 0.0320. The summed E-state index contributed by atoms with van der Waals surface area (Å²) in [5.74, 6) is -0.0335. The van der Waals surface area contributed by atoms with Gasteiger partial charge in [-0.3, -0.25) is 9.59 Å². The molecule has 2 unspecified atom stereocenters. The lowest BCUT2D eigenvalue weighted by molar-refractivity contribution is -0.143. The number of esters is 1. The largest absolute Gasteiger partial charge is 0.466 e. The van der Waals surface area contributed by atoms with Crippen LogP contribution in [-0.2, 0) is 14.3 Å². The third-order valence-electron chi connectivity index (χ3n) is 16.4. The van der Waals surface area contributed by atoms with Crippen LogP contribution in [0.15, 0.2) is 36.5 Å². The van der Waals surface area contributed by atoms with Gasteiger partial charge < -0.3 is 20.3 Å². The highest BCUT2D eigenvalue weighted by molar-refractivity contribution is 5.76. The Labute approximate surface area is 487 Å². The molecule has 0 aliphatic heterocycles. The van der Waals surface area contributed by atoms with Crippen LogP contribution in [-0.4, -0.2) is 47.4 Å². The molecular weight excluding hydrogens is 959 g/mol. The number of unbranched alkanes of at least 4 members (excludes halogenated alkanes) is 49. The van der Waals surface area contributed by atoms with E-state index in [1.54, 1.807) is 0 Å². The fourth-order valence-corrected chi connectivity index (χ4v) is 11.0. The van der Waals surface area contributed by atoms with Crippen molar-refractivity contribution in [1.29, 1.82) is 0 Å². The first-order valence-electron chi connectivity index (χ1n) is 35.2. The molecule has 6 heteroatoms. The van der Waals surface area contributed by atoms with E-state index < -0.39 is 12.1 Å². The van der Waals surface area contributed by atoms with Gasteiger partial charge in [0.2, 0.25) is 5.91 Å². The summed E-state index contributed by atoms with van der Waals surface area (Å²) in [4.78, 5) is 24.6. The molecule has 0 saturated carbocycles. The van der Waals surface area contributed by atoms with Gasteiger partial charge in [-0.25, -0.2) is 0 Å². The molecule has 3 N–H and O–H groups in total. The molecule has 78 heavy (non-hydrogen) atoms. The van der Waals surface area contributed by atoms with Gasteiger partial charge in [0.05, 0.1) is 25.4 Å². The van der Waals surface area contributed by atoms with Gasteiger partial charge in [-0.1, -0.05) is 333 Å². The molecule has 0 saturated heterocycles. The number of amides is 1. The second-order valence-corrected chi connectivity index (χ2v) is 24.2. The molecule has 0 aromatic carbocycles. The second kappa shape index (κ2) is 67.6. The molecule has 1 amide bonds. The molecule has 0 aliphatic rings. The maximum Gasteiger partial charge on any atom is 0.305 e. The normalized spacial score (nSPS) is 12.7. The molecular formula is C72H137NO5. The van der Waals surface area contributed by atoms with Gasteiger partial charge in [0.15, 0.2) is 0 Å². The fourth-order valence-electron chi connectivity index (χ4n) is 11.0. The van der Waals surface area contributed by atoms with Crippen LogP contribution >= 0.6 is 0 Å². The Morgan fingerprint density at radius 2 is 0.667 bits per heavy atom. The number of ether oxygens (including phenoxy) is 1. The summed E-state index contributed by atoms with van der Waals surface area (Å²) in [5, 5.41) is 23.4. The van der Waals surface area contributed by atoms with Crippen molar-refractivity contribution in [2.75, 3.05) is 13.2 Å². The average molecular weight is 1100 g/mol. The van der Waals surface area contributed by atoms with Crippen molar-refractivity contribution in [3.63, 3.8) is 0 Å². The van der Waals surface area contributed by atoms with Crippen LogP contribution in [0.5, 0.6) is 0 Å². The number of carbonyl (C=O) groups is 2. The van der Waals surface area contributed by atoms with Gasteiger partial charge in [0.25, 0.3) is 0 Å². The molecule has 0 heterocycles. The number of allylic oxidation sites excluding steroid dienone is 6. The van der Waals surface area contributed by atoms with Crippen LogP contribution < -0.4 is 5.32 Å². The van der Waals surface area contributed by atoms with Crippen molar-refractivity contribution in [3.8, 4) is 0 Å². The van der Waals surface area contributed by atoms with Gasteiger partial charge in [-0.2, -0.15) is 0 Å². The smallest absolute Gasteiger partial charge is 0.305 e. The number of hydrogen-bond acceptors (Lipinski definition) is 5. The Bertz CT molecular complexity index is 1260. The van der Waals surface area contributed by atoms with Crippen molar-refractivity contribution < 1.29 is 24.5 Å². The molecule has 0 aliphatic carbocycles. The summed E-state index contributed by atoms with van der Waals surface area (Å²) in [6.45, 7) is 4.91. The van der Waals surface area contributed by atoms with Crippen LogP contribution in [0.1, 0.15) is 386 Å². The highest BCUT2D eigenvalue weighted by Crippen LogP contribution is 2.19. The molecule has 0 spiro atoms. The van der Waals surface area contributed by atoms with Crippen LogP contribution in [0.4, 0.5) is 0 Å². The van der Waals surface area contributed by atoms with Gasteiger partial charge in [0.1, 0.15) is 0 Å². The summed E-state index contributed by atoms with van der Waals surface area (Å²) in [5.41, 5.74) is 0. The van der Waals surface area contributed by atoms with E-state index in [0.717, 1.165) is 51.4 Å². The third kappa shape index (κ3) is 63.3. The highest BCUT2D eigenvalue weighted by Gasteiger charge is 2.20. The van der Waals surface area contributed by atoms with Crippen molar-refractivity contribution >= 4 is 11.9 Å². The summed E-state index contributed by atoms with van der Waals surface area (Å²) in [6.07, 6.45) is 86.2. The number of aliphatic hydroxyl groups is 2. The lowest BCUT2D eigenvalue weighted by Gasteiger charge is -2.22. The minimum Gasteiger partial charge on any atom is -0.466 e. The molecule has 460 valence electrons. The van der Waals surface area contributed by atoms with Crippen molar-refractivity contribution in [2.24, 2.45) is 0 Å². The Morgan fingerprint density at radius 1 is 0.359 bits per heavy atom. The van der Waals surface area contributed by atoms with Crippen molar-refractivity contribution in [2.45, 2.75) is 398 Å². The molecule has 0 aromatic heterocycles. The first-order valence-corrected chi connectivity index (χ1v) is 35.2. The SMILES string of the molecule is CCC/C=C\C/C=C\CCCCCCCC(=O)OCCCCCCCCCCCCCC/C=C\CCCCCCCCCCCCC(=O)NC(CO)C(O)CCCCCCCCCCCCCCCCCCCCCCCC. The summed E-state index contributed by atoms with van der Waals surface area (Å²) in [7, 11) is 0. The molecule has 0 rings (SSSR count). The zero-order valence-electron chi connectivity index (χ0n) is 52.7. The van der Waals surface area contributed by atoms with E-state index in [9.17, 15) is 19.8 Å². The highest BCUT2D eigenvalue weighted by atomic mass is 16.5. The van der Waals surface area contributed by atoms with Gasteiger partial charge in [-0.05, 0) is 77.0 Å². The van der Waals surface area contributed by atoms with Gasteiger partial charge >= 0.3 is 5.97 Å². The maximum atomic E-state index is 12.5. The van der Waals surface area contributed by atoms with Crippen LogP contribution in [0, 0.1) is 0 Å². The molecule has 0 bridgehead atoms. The van der Waals surface area contributed by atoms with E-state index in [0.29, 0.717) is 25.9 Å². The van der Waals surface area contributed by atoms with Crippen molar-refractivity contribution in [3.05, 3.63) is 36.5 Å². The number of nitrogens with one attached hydrogen (secondary N) is 1. The summed E-state index contributed by atoms with van der Waals surface area (Å²) in [6, 6.07) is -0.544. The Hall–Kier alpha value is -1.92. The van der Waals surface area contributed by atoms with Crippen LogP contribution in [0.2, 0.25) is 0 Å². The number of hydrogen-bond donors (Lipinski definition) is 3. The van der Waals surface area contributed by atoms with Gasteiger partial charge in [-0.15, -0.1) is 0 Å². The standard InChI is InChI=1S/C72H137NO5/c1-3-5-7-9-11-13-15-17-18-19-20-21-28-31-34-37-41-44-48-52-56-60-64-70(75)69(68-74)73-71(76)65-61-57-53-49-45-42-38-35-32-29-26-24-22-23-25-27-30-33-36-39-43-47-51-55-59-63-67-78-72(77)66-62-58-54-50-46-40-16-14-12-10-8-6-4-2/h8,10,14,16,22,24,69-70,74-75H,3-7,9,11-13,15,17-21,23,25-68H2,1-2H3,(H,73,76)/b10-8-,16-14-,24-22-. The number of aliphatic hydroxyl groups excluding tert-OH is 2. The predicted octanol–water partition coefficient (Wildman–Crippen LogP) is 22.7. The minimum atomic E-state index is -0.667. The van der Waals surface area contributed by atoms with E-state index >= 15 is 0 Å². The first kappa shape index (κ1) is 76.1. The average Bonchev–Trinajstić information content (AvgIpc) is 3.44. The zero-order valence-corrected chi connectivity index (χ0v) is 52.7. The monoisotopic (exact) mass is 1100 g/mol. The van der Waals surface area contributed by atoms with E-state index in [4.69, 9.17) is 4.74 Å². The first-order chi connectivity index (χ1) is 38.5. The van der Waals surface area contributed by atoms with Crippen molar-refractivity contribution in [1.82, 2.24) is 5.32 Å². The van der Waals surface area contributed by atoms with Crippen LogP contribution in [0.25, 0.3) is 0 Å². The topological polar surface area (TPSA) is 95.9 Å². The lowest BCUT2D eigenvalue weighted by Crippen LogP contribution is -2.45. The maximum absolute atomic E-state index is 12.5. The van der Waals surface area contributed by atoms with E-state index in [1.807, 2.05) is 0 Å².